The second kappa shape index (κ2) is 8.65. The molecule has 0 unspecified atom stereocenters. The number of aryl methyl sites for hydroxylation is 2. The largest absolute Gasteiger partial charge is 0.350 e. The SMILES string of the molecule is Cc1ccc(CNc2nccc(C(=O)Nc3c(C)cccc3C(C)C)n2)cc1. The zero-order valence-electron chi connectivity index (χ0n) is 16.8. The number of rotatable bonds is 6. The molecule has 0 aliphatic carbocycles. The van der Waals surface area contributed by atoms with Gasteiger partial charge in [0.05, 0.1) is 0 Å². The van der Waals surface area contributed by atoms with Crippen LogP contribution < -0.4 is 10.6 Å². The normalized spacial score (nSPS) is 10.8. The maximum Gasteiger partial charge on any atom is 0.274 e. The third-order valence-electron chi connectivity index (χ3n) is 4.63. The molecule has 1 aromatic heterocycles. The summed E-state index contributed by atoms with van der Waals surface area (Å²) in [6, 6.07) is 15.9. The highest BCUT2D eigenvalue weighted by Gasteiger charge is 2.15. The van der Waals surface area contributed by atoms with Crippen molar-refractivity contribution in [1.82, 2.24) is 9.97 Å². The quantitative estimate of drug-likeness (QED) is 0.631. The first kappa shape index (κ1) is 19.5. The molecule has 0 saturated heterocycles. The predicted octanol–water partition coefficient (Wildman–Crippen LogP) is 5.08. The van der Waals surface area contributed by atoms with Crippen molar-refractivity contribution in [3.05, 3.63) is 82.7 Å². The third kappa shape index (κ3) is 4.74. The van der Waals surface area contributed by atoms with Gasteiger partial charge in [0.1, 0.15) is 5.69 Å². The van der Waals surface area contributed by atoms with Crippen LogP contribution in [-0.2, 0) is 6.54 Å². The van der Waals surface area contributed by atoms with Crippen LogP contribution in [0.3, 0.4) is 0 Å². The van der Waals surface area contributed by atoms with Crippen LogP contribution in [-0.4, -0.2) is 15.9 Å². The van der Waals surface area contributed by atoms with Gasteiger partial charge < -0.3 is 10.6 Å². The molecule has 0 aliphatic heterocycles. The minimum absolute atomic E-state index is 0.239. The second-order valence-corrected chi connectivity index (χ2v) is 7.25. The Morgan fingerprint density at radius 2 is 1.79 bits per heavy atom. The number of hydrogen-bond acceptors (Lipinski definition) is 4. The number of hydrogen-bond donors (Lipinski definition) is 2. The fourth-order valence-electron chi connectivity index (χ4n) is 2.98. The van der Waals surface area contributed by atoms with E-state index in [-0.39, 0.29) is 5.91 Å². The lowest BCUT2D eigenvalue weighted by molar-refractivity contribution is 0.102. The van der Waals surface area contributed by atoms with Crippen LogP contribution in [0.2, 0.25) is 0 Å². The minimum Gasteiger partial charge on any atom is -0.350 e. The molecule has 0 radical (unpaired) electrons. The lowest BCUT2D eigenvalue weighted by atomic mass is 9.98. The fourth-order valence-corrected chi connectivity index (χ4v) is 2.98. The van der Waals surface area contributed by atoms with Crippen LogP contribution in [0.4, 0.5) is 11.6 Å². The number of nitrogens with zero attached hydrogens (tertiary/aromatic N) is 2. The number of carbonyl (C=O) groups excluding carboxylic acids is 1. The van der Waals surface area contributed by atoms with Gasteiger partial charge in [-0.1, -0.05) is 61.9 Å². The lowest BCUT2D eigenvalue weighted by Crippen LogP contribution is -2.17. The average molecular weight is 374 g/mol. The summed E-state index contributed by atoms with van der Waals surface area (Å²) in [4.78, 5) is 21.4. The topological polar surface area (TPSA) is 66.9 Å². The van der Waals surface area contributed by atoms with Crippen molar-refractivity contribution >= 4 is 17.5 Å². The summed E-state index contributed by atoms with van der Waals surface area (Å²) in [5, 5.41) is 6.20. The number of amides is 1. The maximum absolute atomic E-state index is 12.8. The van der Waals surface area contributed by atoms with E-state index < -0.39 is 0 Å². The van der Waals surface area contributed by atoms with Gasteiger partial charge in [0, 0.05) is 18.4 Å². The van der Waals surface area contributed by atoms with E-state index in [1.54, 1.807) is 12.3 Å². The molecule has 2 aromatic carbocycles. The van der Waals surface area contributed by atoms with Crippen molar-refractivity contribution in [2.75, 3.05) is 10.6 Å². The monoisotopic (exact) mass is 374 g/mol. The fraction of sp³-hybridized carbons (Fsp3) is 0.261. The zero-order valence-corrected chi connectivity index (χ0v) is 16.8. The predicted molar refractivity (Wildman–Crippen MR) is 114 cm³/mol. The molecule has 0 fully saturated rings. The van der Waals surface area contributed by atoms with Crippen molar-refractivity contribution in [3.63, 3.8) is 0 Å². The van der Waals surface area contributed by atoms with Crippen molar-refractivity contribution < 1.29 is 4.79 Å². The summed E-state index contributed by atoms with van der Waals surface area (Å²) in [6.45, 7) is 8.88. The molecule has 144 valence electrons. The molecular formula is C23H26N4O. The van der Waals surface area contributed by atoms with Crippen LogP contribution in [0.25, 0.3) is 0 Å². The number of aromatic nitrogens is 2. The van der Waals surface area contributed by atoms with Gasteiger partial charge in [-0.15, -0.1) is 0 Å². The highest BCUT2D eigenvalue weighted by atomic mass is 16.1. The van der Waals surface area contributed by atoms with Crippen molar-refractivity contribution in [3.8, 4) is 0 Å². The van der Waals surface area contributed by atoms with E-state index in [4.69, 9.17) is 0 Å². The van der Waals surface area contributed by atoms with E-state index in [1.165, 1.54) is 5.56 Å². The van der Waals surface area contributed by atoms with Gasteiger partial charge in [-0.05, 0) is 42.5 Å². The summed E-state index contributed by atoms with van der Waals surface area (Å²) in [7, 11) is 0. The van der Waals surface area contributed by atoms with Gasteiger partial charge >= 0.3 is 0 Å². The molecule has 28 heavy (non-hydrogen) atoms. The first-order chi connectivity index (χ1) is 13.4. The Balaban J connectivity index is 1.73. The van der Waals surface area contributed by atoms with Gasteiger partial charge in [-0.25, -0.2) is 9.97 Å². The molecule has 3 rings (SSSR count). The minimum atomic E-state index is -0.239. The number of anilines is 2. The van der Waals surface area contributed by atoms with Crippen LogP contribution in [0.1, 0.15) is 52.5 Å². The summed E-state index contributed by atoms with van der Waals surface area (Å²) in [6.07, 6.45) is 1.60. The molecule has 1 amide bonds. The zero-order chi connectivity index (χ0) is 20.1. The number of carbonyl (C=O) groups is 1. The summed E-state index contributed by atoms with van der Waals surface area (Å²) >= 11 is 0. The second-order valence-electron chi connectivity index (χ2n) is 7.25. The van der Waals surface area contributed by atoms with E-state index in [9.17, 15) is 4.79 Å². The van der Waals surface area contributed by atoms with E-state index in [0.717, 1.165) is 22.4 Å². The van der Waals surface area contributed by atoms with Crippen LogP contribution in [0.5, 0.6) is 0 Å². The Morgan fingerprint density at radius 3 is 2.50 bits per heavy atom. The molecule has 0 aliphatic rings. The Bertz CT molecular complexity index is 965. The third-order valence-corrected chi connectivity index (χ3v) is 4.63. The Kier molecular flexibility index (Phi) is 6.04. The molecule has 0 atom stereocenters. The molecule has 3 aromatic rings. The van der Waals surface area contributed by atoms with Crippen molar-refractivity contribution in [1.29, 1.82) is 0 Å². The van der Waals surface area contributed by atoms with Gasteiger partial charge in [-0.3, -0.25) is 4.79 Å². The summed E-state index contributed by atoms with van der Waals surface area (Å²) in [5.41, 5.74) is 5.68. The Morgan fingerprint density at radius 1 is 1.04 bits per heavy atom. The Hall–Kier alpha value is -3.21. The van der Waals surface area contributed by atoms with E-state index in [2.05, 4.69) is 65.6 Å². The highest BCUT2D eigenvalue weighted by Crippen LogP contribution is 2.27. The van der Waals surface area contributed by atoms with Gasteiger partial charge in [0.25, 0.3) is 5.91 Å². The average Bonchev–Trinajstić information content (AvgIpc) is 2.69. The van der Waals surface area contributed by atoms with Gasteiger partial charge in [0.15, 0.2) is 0 Å². The summed E-state index contributed by atoms with van der Waals surface area (Å²) < 4.78 is 0. The van der Waals surface area contributed by atoms with Gasteiger partial charge in [0.2, 0.25) is 5.95 Å². The smallest absolute Gasteiger partial charge is 0.274 e. The highest BCUT2D eigenvalue weighted by molar-refractivity contribution is 6.03. The number of benzene rings is 2. The molecule has 5 nitrogen and oxygen atoms in total. The van der Waals surface area contributed by atoms with Crippen LogP contribution in [0, 0.1) is 13.8 Å². The van der Waals surface area contributed by atoms with E-state index in [1.807, 2.05) is 25.1 Å². The molecule has 2 N–H and O–H groups in total. The van der Waals surface area contributed by atoms with E-state index in [0.29, 0.717) is 24.1 Å². The standard InChI is InChI=1S/C23H26N4O/c1-15(2)19-7-5-6-17(4)21(19)27-22(28)20-12-13-24-23(26-20)25-14-18-10-8-16(3)9-11-18/h5-13,15H,14H2,1-4H3,(H,27,28)(H,24,25,26). The molecule has 0 bridgehead atoms. The van der Waals surface area contributed by atoms with Crippen molar-refractivity contribution in [2.24, 2.45) is 0 Å². The first-order valence-corrected chi connectivity index (χ1v) is 9.47. The molecule has 0 spiro atoms. The molecular weight excluding hydrogens is 348 g/mol. The van der Waals surface area contributed by atoms with Crippen LogP contribution in [0.15, 0.2) is 54.7 Å². The number of para-hydroxylation sites is 1. The molecule has 5 heteroatoms. The Labute approximate surface area is 166 Å². The van der Waals surface area contributed by atoms with Crippen molar-refractivity contribution in [2.45, 2.75) is 40.2 Å². The lowest BCUT2D eigenvalue weighted by Gasteiger charge is -2.16. The first-order valence-electron chi connectivity index (χ1n) is 9.47. The molecule has 1 heterocycles. The van der Waals surface area contributed by atoms with Crippen LogP contribution >= 0.6 is 0 Å². The molecule has 0 saturated carbocycles. The maximum atomic E-state index is 12.8. The van der Waals surface area contributed by atoms with E-state index >= 15 is 0 Å². The number of nitrogens with one attached hydrogen (secondary N) is 2. The summed E-state index contributed by atoms with van der Waals surface area (Å²) in [5.74, 6) is 0.506. The van der Waals surface area contributed by atoms with Gasteiger partial charge in [-0.2, -0.15) is 0 Å².